The number of aliphatic hydroxyl groups excluding tert-OH is 1. The molecule has 0 spiro atoms. The van der Waals surface area contributed by atoms with E-state index in [4.69, 9.17) is 5.26 Å². The number of benzene rings is 1. The molecule has 1 N–H and O–H groups in total. The number of rotatable bonds is 2. The molecule has 1 aliphatic heterocycles. The number of nitriles is 1. The van der Waals surface area contributed by atoms with E-state index >= 15 is 0 Å². The Balaban J connectivity index is 2.14. The average molecular weight is 230 g/mol. The lowest BCUT2D eigenvalue weighted by atomic mass is 9.81. The largest absolute Gasteiger partial charge is 0.396 e. The van der Waals surface area contributed by atoms with Gasteiger partial charge in [0.15, 0.2) is 0 Å². The van der Waals surface area contributed by atoms with Crippen LogP contribution in [0.1, 0.15) is 25.3 Å². The Morgan fingerprint density at radius 3 is 2.59 bits per heavy atom. The van der Waals surface area contributed by atoms with Crippen LogP contribution < -0.4 is 4.90 Å². The Labute approximate surface area is 102 Å². The minimum absolute atomic E-state index is 0.0537. The van der Waals surface area contributed by atoms with Gasteiger partial charge in [0.05, 0.1) is 11.3 Å². The van der Waals surface area contributed by atoms with Crippen molar-refractivity contribution in [2.24, 2.45) is 5.41 Å². The van der Waals surface area contributed by atoms with Crippen LogP contribution in [0, 0.1) is 16.7 Å². The summed E-state index contributed by atoms with van der Waals surface area (Å²) < 4.78 is 0. The second kappa shape index (κ2) is 4.77. The smallest absolute Gasteiger partial charge is 0.101 e. The van der Waals surface area contributed by atoms with Gasteiger partial charge in [0.2, 0.25) is 0 Å². The monoisotopic (exact) mass is 230 g/mol. The zero-order valence-corrected chi connectivity index (χ0v) is 10.2. The van der Waals surface area contributed by atoms with E-state index in [0.717, 1.165) is 37.2 Å². The minimum atomic E-state index is 0.0537. The van der Waals surface area contributed by atoms with Crippen molar-refractivity contribution in [1.29, 1.82) is 5.26 Å². The minimum Gasteiger partial charge on any atom is -0.396 e. The van der Waals surface area contributed by atoms with Crippen LogP contribution in [-0.2, 0) is 0 Å². The molecule has 3 heteroatoms. The van der Waals surface area contributed by atoms with Gasteiger partial charge in [-0.3, -0.25) is 0 Å². The molecular formula is C14H18N2O. The van der Waals surface area contributed by atoms with Crippen LogP contribution in [0.15, 0.2) is 24.3 Å². The summed E-state index contributed by atoms with van der Waals surface area (Å²) in [6.07, 6.45) is 1.95. The number of piperidine rings is 1. The maximum Gasteiger partial charge on any atom is 0.101 e. The van der Waals surface area contributed by atoms with Crippen molar-refractivity contribution < 1.29 is 5.11 Å². The van der Waals surface area contributed by atoms with Gasteiger partial charge in [-0.15, -0.1) is 0 Å². The van der Waals surface area contributed by atoms with Crippen molar-refractivity contribution in [3.8, 4) is 6.07 Å². The lowest BCUT2D eigenvalue weighted by Gasteiger charge is -2.39. The topological polar surface area (TPSA) is 47.3 Å². The Morgan fingerprint density at radius 1 is 1.35 bits per heavy atom. The highest BCUT2D eigenvalue weighted by molar-refractivity contribution is 5.59. The first-order valence-electron chi connectivity index (χ1n) is 6.03. The number of para-hydroxylation sites is 1. The molecular weight excluding hydrogens is 212 g/mol. The fourth-order valence-corrected chi connectivity index (χ4v) is 2.29. The van der Waals surface area contributed by atoms with Crippen LogP contribution in [0.3, 0.4) is 0 Å². The quantitative estimate of drug-likeness (QED) is 0.847. The Kier molecular flexibility index (Phi) is 3.35. The SMILES string of the molecule is CC1(CO)CCN(c2ccccc2C#N)CC1. The van der Waals surface area contributed by atoms with Crippen molar-refractivity contribution in [3.63, 3.8) is 0 Å². The summed E-state index contributed by atoms with van der Waals surface area (Å²) >= 11 is 0. The molecule has 1 aromatic carbocycles. The molecule has 1 aliphatic rings. The van der Waals surface area contributed by atoms with Gasteiger partial charge in [-0.2, -0.15) is 5.26 Å². The van der Waals surface area contributed by atoms with Gasteiger partial charge in [-0.05, 0) is 30.4 Å². The molecule has 1 heterocycles. The summed E-state index contributed by atoms with van der Waals surface area (Å²) in [7, 11) is 0. The molecule has 0 aliphatic carbocycles. The van der Waals surface area contributed by atoms with Crippen LogP contribution in [0.5, 0.6) is 0 Å². The summed E-state index contributed by atoms with van der Waals surface area (Å²) in [6.45, 7) is 4.20. The molecule has 90 valence electrons. The molecule has 0 bridgehead atoms. The Hall–Kier alpha value is -1.53. The third-order valence-corrected chi connectivity index (χ3v) is 3.72. The summed E-state index contributed by atoms with van der Waals surface area (Å²) in [5, 5.41) is 18.4. The van der Waals surface area contributed by atoms with Gasteiger partial charge in [0.25, 0.3) is 0 Å². The number of hydrogen-bond acceptors (Lipinski definition) is 3. The summed E-state index contributed by atoms with van der Waals surface area (Å²) in [5.74, 6) is 0. The standard InChI is InChI=1S/C14H18N2O/c1-14(11-17)6-8-16(9-7-14)13-5-3-2-4-12(13)10-15/h2-5,17H,6-9,11H2,1H3. The second-order valence-electron chi connectivity index (χ2n) is 5.08. The first kappa shape index (κ1) is 11.9. The predicted molar refractivity (Wildman–Crippen MR) is 67.8 cm³/mol. The van der Waals surface area contributed by atoms with Crippen molar-refractivity contribution in [3.05, 3.63) is 29.8 Å². The first-order chi connectivity index (χ1) is 8.18. The zero-order valence-electron chi connectivity index (χ0n) is 10.2. The molecule has 1 aromatic rings. The van der Waals surface area contributed by atoms with Crippen LogP contribution in [-0.4, -0.2) is 24.8 Å². The lowest BCUT2D eigenvalue weighted by molar-refractivity contribution is 0.115. The van der Waals surface area contributed by atoms with E-state index in [-0.39, 0.29) is 12.0 Å². The zero-order chi connectivity index (χ0) is 12.3. The van der Waals surface area contributed by atoms with E-state index in [9.17, 15) is 5.11 Å². The van der Waals surface area contributed by atoms with Gasteiger partial charge >= 0.3 is 0 Å². The summed E-state index contributed by atoms with van der Waals surface area (Å²) in [6, 6.07) is 9.95. The van der Waals surface area contributed by atoms with Crippen LogP contribution >= 0.6 is 0 Å². The number of nitrogens with zero attached hydrogens (tertiary/aromatic N) is 2. The highest BCUT2D eigenvalue weighted by Gasteiger charge is 2.29. The molecule has 0 amide bonds. The molecule has 2 rings (SSSR count). The number of aliphatic hydroxyl groups is 1. The van der Waals surface area contributed by atoms with E-state index in [1.165, 1.54) is 0 Å². The molecule has 0 saturated carbocycles. The molecule has 0 atom stereocenters. The maximum atomic E-state index is 9.34. The normalized spacial score (nSPS) is 18.8. The first-order valence-corrected chi connectivity index (χ1v) is 6.03. The number of hydrogen-bond donors (Lipinski definition) is 1. The molecule has 1 saturated heterocycles. The van der Waals surface area contributed by atoms with Gasteiger partial charge in [-0.25, -0.2) is 0 Å². The van der Waals surface area contributed by atoms with Crippen molar-refractivity contribution in [1.82, 2.24) is 0 Å². The maximum absolute atomic E-state index is 9.34. The van der Waals surface area contributed by atoms with Crippen LogP contribution in [0.2, 0.25) is 0 Å². The molecule has 0 aromatic heterocycles. The third kappa shape index (κ3) is 2.42. The van der Waals surface area contributed by atoms with Gasteiger partial charge in [0.1, 0.15) is 6.07 Å². The van der Waals surface area contributed by atoms with Crippen molar-refractivity contribution in [2.75, 3.05) is 24.6 Å². The van der Waals surface area contributed by atoms with E-state index < -0.39 is 0 Å². The Bertz CT molecular complexity index is 428. The molecule has 3 nitrogen and oxygen atoms in total. The fourth-order valence-electron chi connectivity index (χ4n) is 2.29. The van der Waals surface area contributed by atoms with E-state index in [2.05, 4.69) is 17.9 Å². The highest BCUT2D eigenvalue weighted by atomic mass is 16.3. The van der Waals surface area contributed by atoms with E-state index in [1.807, 2.05) is 24.3 Å². The third-order valence-electron chi connectivity index (χ3n) is 3.72. The van der Waals surface area contributed by atoms with Gasteiger partial charge < -0.3 is 10.0 Å². The fraction of sp³-hybridized carbons (Fsp3) is 0.500. The molecule has 1 fully saturated rings. The van der Waals surface area contributed by atoms with Crippen LogP contribution in [0.4, 0.5) is 5.69 Å². The molecule has 0 unspecified atom stereocenters. The highest BCUT2D eigenvalue weighted by Crippen LogP contribution is 2.33. The average Bonchev–Trinajstić information content (AvgIpc) is 2.40. The summed E-state index contributed by atoms with van der Waals surface area (Å²) in [5.41, 5.74) is 1.81. The lowest BCUT2D eigenvalue weighted by Crippen LogP contribution is -2.40. The number of anilines is 1. The summed E-state index contributed by atoms with van der Waals surface area (Å²) in [4.78, 5) is 2.25. The molecule has 17 heavy (non-hydrogen) atoms. The van der Waals surface area contributed by atoms with E-state index in [0.29, 0.717) is 0 Å². The molecule has 0 radical (unpaired) electrons. The van der Waals surface area contributed by atoms with Gasteiger partial charge in [0, 0.05) is 19.7 Å². The van der Waals surface area contributed by atoms with Crippen molar-refractivity contribution in [2.45, 2.75) is 19.8 Å². The van der Waals surface area contributed by atoms with E-state index in [1.54, 1.807) is 0 Å². The van der Waals surface area contributed by atoms with Crippen LogP contribution in [0.25, 0.3) is 0 Å². The Morgan fingerprint density at radius 2 is 2.00 bits per heavy atom. The van der Waals surface area contributed by atoms with Crippen molar-refractivity contribution >= 4 is 5.69 Å². The predicted octanol–water partition coefficient (Wildman–Crippen LogP) is 2.16. The second-order valence-corrected chi connectivity index (χ2v) is 5.08. The van der Waals surface area contributed by atoms with Gasteiger partial charge in [-0.1, -0.05) is 19.1 Å².